The van der Waals surface area contributed by atoms with Gasteiger partial charge in [0.2, 0.25) is 5.95 Å². The summed E-state index contributed by atoms with van der Waals surface area (Å²) in [5.41, 5.74) is 8.08. The Labute approximate surface area is 96.7 Å². The number of rotatable bonds is 2. The van der Waals surface area contributed by atoms with E-state index in [4.69, 9.17) is 5.73 Å². The van der Waals surface area contributed by atoms with Gasteiger partial charge in [-0.25, -0.2) is 9.97 Å². The number of nitrogens with two attached hydrogens (primary N) is 1. The van der Waals surface area contributed by atoms with Crippen LogP contribution in [0.2, 0.25) is 0 Å². The van der Waals surface area contributed by atoms with Crippen molar-refractivity contribution in [1.82, 2.24) is 9.97 Å². The average Bonchev–Trinajstić information content (AvgIpc) is 2.20. The van der Waals surface area contributed by atoms with Crippen LogP contribution in [-0.4, -0.2) is 22.1 Å². The summed E-state index contributed by atoms with van der Waals surface area (Å²) in [5, 5.41) is 3.37. The molecule has 0 radical (unpaired) electrons. The molecule has 3 N–H and O–H groups in total. The summed E-state index contributed by atoms with van der Waals surface area (Å²) in [6.45, 7) is 3.97. The molecule has 1 aromatic heterocycles. The lowest BCUT2D eigenvalue weighted by molar-refractivity contribution is 0.402. The van der Waals surface area contributed by atoms with Gasteiger partial charge in [0.05, 0.1) is 0 Å². The monoisotopic (exact) mass is 220 g/mol. The number of hydrogen-bond donors (Lipinski definition) is 2. The lowest BCUT2D eigenvalue weighted by Gasteiger charge is -2.29. The zero-order valence-electron chi connectivity index (χ0n) is 10.0. The van der Waals surface area contributed by atoms with Crippen molar-refractivity contribution in [1.29, 1.82) is 0 Å². The highest BCUT2D eigenvalue weighted by Gasteiger charge is 2.22. The highest BCUT2D eigenvalue weighted by molar-refractivity contribution is 5.29. The third-order valence-corrected chi connectivity index (χ3v) is 3.12. The quantitative estimate of drug-likeness (QED) is 0.797. The van der Waals surface area contributed by atoms with Gasteiger partial charge in [-0.2, -0.15) is 0 Å². The minimum atomic E-state index is 0.234. The Kier molecular flexibility index (Phi) is 3.39. The van der Waals surface area contributed by atoms with Gasteiger partial charge < -0.3 is 11.1 Å². The first-order valence-corrected chi connectivity index (χ1v) is 5.99. The Morgan fingerprint density at radius 3 is 2.44 bits per heavy atom. The van der Waals surface area contributed by atoms with Crippen molar-refractivity contribution < 1.29 is 0 Å². The van der Waals surface area contributed by atoms with E-state index in [-0.39, 0.29) is 6.04 Å². The Morgan fingerprint density at radius 1 is 1.19 bits per heavy atom. The third-order valence-electron chi connectivity index (χ3n) is 3.12. The van der Waals surface area contributed by atoms with E-state index in [1.807, 2.05) is 19.9 Å². The molecule has 1 heterocycles. The van der Waals surface area contributed by atoms with Crippen LogP contribution >= 0.6 is 0 Å². The standard InChI is InChI=1S/C12H20N4/c1-8-7-9(2)15-12(14-8)16-11-6-4-3-5-10(11)13/h7,10-11H,3-6,13H2,1-2H3,(H,14,15,16)/t10-,11+/m0/s1. The van der Waals surface area contributed by atoms with Crippen molar-refractivity contribution in [3.8, 4) is 0 Å². The highest BCUT2D eigenvalue weighted by Crippen LogP contribution is 2.19. The minimum absolute atomic E-state index is 0.234. The van der Waals surface area contributed by atoms with Crippen LogP contribution in [0.5, 0.6) is 0 Å². The minimum Gasteiger partial charge on any atom is -0.350 e. The molecule has 1 saturated carbocycles. The smallest absolute Gasteiger partial charge is 0.223 e. The lowest BCUT2D eigenvalue weighted by Crippen LogP contribution is -2.43. The molecule has 0 aromatic carbocycles. The van der Waals surface area contributed by atoms with Gasteiger partial charge in [-0.3, -0.25) is 0 Å². The summed E-state index contributed by atoms with van der Waals surface area (Å²) in [7, 11) is 0. The molecule has 0 bridgehead atoms. The van der Waals surface area contributed by atoms with Crippen LogP contribution in [0.25, 0.3) is 0 Å². The number of hydrogen-bond acceptors (Lipinski definition) is 4. The highest BCUT2D eigenvalue weighted by atomic mass is 15.1. The summed E-state index contributed by atoms with van der Waals surface area (Å²) in [6, 6.07) is 2.54. The molecule has 1 aliphatic carbocycles. The number of aryl methyl sites for hydroxylation is 2. The van der Waals surface area contributed by atoms with Gasteiger partial charge in [0.1, 0.15) is 0 Å². The van der Waals surface area contributed by atoms with E-state index in [9.17, 15) is 0 Å². The van der Waals surface area contributed by atoms with Gasteiger partial charge in [-0.15, -0.1) is 0 Å². The van der Waals surface area contributed by atoms with Gasteiger partial charge >= 0.3 is 0 Å². The maximum Gasteiger partial charge on any atom is 0.223 e. The molecular weight excluding hydrogens is 200 g/mol. The summed E-state index contributed by atoms with van der Waals surface area (Å²) in [4.78, 5) is 8.77. The first-order chi connectivity index (χ1) is 7.65. The first-order valence-electron chi connectivity index (χ1n) is 5.99. The third kappa shape index (κ3) is 2.70. The molecule has 4 nitrogen and oxygen atoms in total. The Morgan fingerprint density at radius 2 is 1.81 bits per heavy atom. The molecule has 1 aromatic rings. The second-order valence-electron chi connectivity index (χ2n) is 4.67. The summed E-state index contributed by atoms with van der Waals surface area (Å²) >= 11 is 0. The van der Waals surface area contributed by atoms with E-state index in [2.05, 4.69) is 15.3 Å². The normalized spacial score (nSPS) is 25.4. The second-order valence-corrected chi connectivity index (χ2v) is 4.67. The number of nitrogens with one attached hydrogen (secondary N) is 1. The Balaban J connectivity index is 2.07. The van der Waals surface area contributed by atoms with Crippen LogP contribution in [0.15, 0.2) is 6.07 Å². The molecule has 0 unspecified atom stereocenters. The topological polar surface area (TPSA) is 63.8 Å². The number of nitrogens with zero attached hydrogens (tertiary/aromatic N) is 2. The van der Waals surface area contributed by atoms with Crippen molar-refractivity contribution in [3.63, 3.8) is 0 Å². The molecule has 1 aliphatic rings. The lowest BCUT2D eigenvalue weighted by atomic mass is 9.91. The van der Waals surface area contributed by atoms with Crippen LogP contribution in [0.1, 0.15) is 37.1 Å². The second kappa shape index (κ2) is 4.78. The predicted octanol–water partition coefficient (Wildman–Crippen LogP) is 1.78. The van der Waals surface area contributed by atoms with Gasteiger partial charge in [0.15, 0.2) is 0 Å². The van der Waals surface area contributed by atoms with Crippen LogP contribution < -0.4 is 11.1 Å². The fourth-order valence-electron chi connectivity index (χ4n) is 2.30. The maximum atomic E-state index is 6.08. The molecule has 16 heavy (non-hydrogen) atoms. The zero-order valence-corrected chi connectivity index (χ0v) is 10.0. The van der Waals surface area contributed by atoms with E-state index in [1.165, 1.54) is 12.8 Å². The van der Waals surface area contributed by atoms with Crippen molar-refractivity contribution in [2.45, 2.75) is 51.6 Å². The fraction of sp³-hybridized carbons (Fsp3) is 0.667. The van der Waals surface area contributed by atoms with E-state index in [0.717, 1.165) is 30.2 Å². The number of anilines is 1. The number of aromatic nitrogens is 2. The molecule has 2 atom stereocenters. The zero-order chi connectivity index (χ0) is 11.5. The first kappa shape index (κ1) is 11.3. The van der Waals surface area contributed by atoms with Gasteiger partial charge in [0.25, 0.3) is 0 Å². The van der Waals surface area contributed by atoms with Crippen molar-refractivity contribution in [3.05, 3.63) is 17.5 Å². The molecule has 0 amide bonds. The van der Waals surface area contributed by atoms with Crippen molar-refractivity contribution >= 4 is 5.95 Å². The fourth-order valence-corrected chi connectivity index (χ4v) is 2.30. The van der Waals surface area contributed by atoms with Crippen LogP contribution in [-0.2, 0) is 0 Å². The molecule has 0 saturated heterocycles. The van der Waals surface area contributed by atoms with E-state index in [1.54, 1.807) is 0 Å². The molecule has 0 spiro atoms. The molecule has 4 heteroatoms. The van der Waals surface area contributed by atoms with Gasteiger partial charge in [0, 0.05) is 23.5 Å². The molecule has 1 fully saturated rings. The van der Waals surface area contributed by atoms with Gasteiger partial charge in [-0.05, 0) is 32.8 Å². The molecular formula is C12H20N4. The Bertz CT molecular complexity index is 344. The van der Waals surface area contributed by atoms with E-state index >= 15 is 0 Å². The largest absolute Gasteiger partial charge is 0.350 e. The van der Waals surface area contributed by atoms with E-state index < -0.39 is 0 Å². The molecule has 2 rings (SSSR count). The summed E-state index contributed by atoms with van der Waals surface area (Å²) < 4.78 is 0. The van der Waals surface area contributed by atoms with Crippen molar-refractivity contribution in [2.24, 2.45) is 5.73 Å². The average molecular weight is 220 g/mol. The summed E-state index contributed by atoms with van der Waals surface area (Å²) in [6.07, 6.45) is 4.71. The Hall–Kier alpha value is -1.16. The SMILES string of the molecule is Cc1cc(C)nc(N[C@@H]2CCCC[C@@H]2N)n1. The maximum absolute atomic E-state index is 6.08. The van der Waals surface area contributed by atoms with Crippen LogP contribution in [0.4, 0.5) is 5.95 Å². The van der Waals surface area contributed by atoms with Crippen LogP contribution in [0, 0.1) is 13.8 Å². The predicted molar refractivity (Wildman–Crippen MR) is 65.4 cm³/mol. The molecule has 0 aliphatic heterocycles. The molecule has 88 valence electrons. The van der Waals surface area contributed by atoms with Crippen molar-refractivity contribution in [2.75, 3.05) is 5.32 Å². The van der Waals surface area contributed by atoms with Gasteiger partial charge in [-0.1, -0.05) is 12.8 Å². The summed E-state index contributed by atoms with van der Waals surface area (Å²) in [5.74, 6) is 0.722. The van der Waals surface area contributed by atoms with Crippen LogP contribution in [0.3, 0.4) is 0 Å². The van der Waals surface area contributed by atoms with E-state index in [0.29, 0.717) is 6.04 Å².